The van der Waals surface area contributed by atoms with Crippen molar-refractivity contribution in [3.8, 4) is 16.9 Å². The summed E-state index contributed by atoms with van der Waals surface area (Å²) in [4.78, 5) is 7.54. The molecule has 0 radical (unpaired) electrons. The van der Waals surface area contributed by atoms with Crippen LogP contribution < -0.4 is 10.5 Å². The molecule has 1 aromatic carbocycles. The van der Waals surface area contributed by atoms with Crippen molar-refractivity contribution < 1.29 is 4.74 Å². The maximum Gasteiger partial charge on any atom is 0.137 e. The predicted molar refractivity (Wildman–Crippen MR) is 90.0 cm³/mol. The van der Waals surface area contributed by atoms with E-state index in [4.69, 9.17) is 10.5 Å². The van der Waals surface area contributed by atoms with Gasteiger partial charge in [-0.2, -0.15) is 0 Å². The average molecular weight is 295 g/mol. The van der Waals surface area contributed by atoms with Gasteiger partial charge >= 0.3 is 0 Å². The molecule has 2 heterocycles. The highest BCUT2D eigenvalue weighted by Gasteiger charge is 2.13. The number of aromatic amines is 1. The molecule has 22 heavy (non-hydrogen) atoms. The number of ether oxygens (including phenoxy) is 1. The van der Waals surface area contributed by atoms with Crippen LogP contribution in [0.2, 0.25) is 0 Å². The van der Waals surface area contributed by atoms with E-state index in [1.54, 1.807) is 6.20 Å². The largest absolute Gasteiger partial charge is 0.491 e. The van der Waals surface area contributed by atoms with Crippen LogP contribution in [0.25, 0.3) is 22.2 Å². The first-order valence-corrected chi connectivity index (χ1v) is 7.39. The molecule has 2 aromatic heterocycles. The number of H-pyrrole nitrogens is 1. The van der Waals surface area contributed by atoms with Gasteiger partial charge in [-0.3, -0.25) is 0 Å². The fraction of sp³-hybridized carbons (Fsp3) is 0.278. The van der Waals surface area contributed by atoms with Gasteiger partial charge in [0.15, 0.2) is 0 Å². The lowest BCUT2D eigenvalue weighted by atomic mass is 10.0. The van der Waals surface area contributed by atoms with Gasteiger partial charge in [-0.1, -0.05) is 6.07 Å². The number of nitrogens with two attached hydrogens (primary N) is 1. The molecule has 0 atom stereocenters. The minimum absolute atomic E-state index is 0.340. The Morgan fingerprint density at radius 2 is 2.09 bits per heavy atom. The van der Waals surface area contributed by atoms with E-state index in [0.717, 1.165) is 33.5 Å². The highest BCUT2D eigenvalue weighted by molar-refractivity contribution is 5.93. The lowest BCUT2D eigenvalue weighted by Gasteiger charge is -2.20. The molecule has 0 aliphatic heterocycles. The van der Waals surface area contributed by atoms with Gasteiger partial charge in [0, 0.05) is 28.9 Å². The number of aryl methyl sites for hydroxylation is 1. The van der Waals surface area contributed by atoms with Crippen molar-refractivity contribution in [2.75, 3.05) is 6.61 Å². The molecule has 0 unspecified atom stereocenters. The van der Waals surface area contributed by atoms with E-state index in [9.17, 15) is 0 Å². The van der Waals surface area contributed by atoms with Crippen LogP contribution in [0.15, 0.2) is 42.7 Å². The molecule has 4 heteroatoms. The second-order valence-corrected chi connectivity index (χ2v) is 6.36. The zero-order valence-corrected chi connectivity index (χ0v) is 13.2. The summed E-state index contributed by atoms with van der Waals surface area (Å²) < 4.78 is 5.82. The first-order valence-electron chi connectivity index (χ1n) is 7.39. The third-order valence-corrected chi connectivity index (χ3v) is 3.54. The van der Waals surface area contributed by atoms with Gasteiger partial charge in [-0.05, 0) is 56.2 Å². The summed E-state index contributed by atoms with van der Waals surface area (Å²) in [6.07, 6.45) is 3.79. The van der Waals surface area contributed by atoms with Gasteiger partial charge in [0.2, 0.25) is 0 Å². The molecule has 114 valence electrons. The Bertz CT molecular complexity index is 799. The summed E-state index contributed by atoms with van der Waals surface area (Å²) in [5, 5.41) is 1.12. The highest BCUT2D eigenvalue weighted by Crippen LogP contribution is 2.31. The third kappa shape index (κ3) is 2.97. The van der Waals surface area contributed by atoms with Crippen LogP contribution in [0, 0.1) is 6.92 Å². The number of pyridine rings is 1. The van der Waals surface area contributed by atoms with Crippen molar-refractivity contribution in [2.24, 2.45) is 5.73 Å². The van der Waals surface area contributed by atoms with E-state index >= 15 is 0 Å². The maximum atomic E-state index is 5.97. The lowest BCUT2D eigenvalue weighted by molar-refractivity contribution is 0.242. The van der Waals surface area contributed by atoms with Crippen LogP contribution >= 0.6 is 0 Å². The zero-order valence-electron chi connectivity index (χ0n) is 13.2. The second-order valence-electron chi connectivity index (χ2n) is 6.36. The van der Waals surface area contributed by atoms with Crippen LogP contribution in [0.5, 0.6) is 5.75 Å². The summed E-state index contributed by atoms with van der Waals surface area (Å²) in [7, 11) is 0. The fourth-order valence-corrected chi connectivity index (χ4v) is 2.44. The molecule has 3 N–H and O–H groups in total. The van der Waals surface area contributed by atoms with Gasteiger partial charge < -0.3 is 15.5 Å². The minimum atomic E-state index is -0.340. The molecule has 0 spiro atoms. The quantitative estimate of drug-likeness (QED) is 0.772. The van der Waals surface area contributed by atoms with Crippen molar-refractivity contribution >= 4 is 11.0 Å². The number of nitrogens with one attached hydrogen (secondary N) is 1. The van der Waals surface area contributed by atoms with Crippen molar-refractivity contribution in [2.45, 2.75) is 26.3 Å². The van der Waals surface area contributed by atoms with Crippen LogP contribution in [0.1, 0.15) is 19.4 Å². The van der Waals surface area contributed by atoms with Gasteiger partial charge in [-0.15, -0.1) is 0 Å². The van der Waals surface area contributed by atoms with Gasteiger partial charge in [-0.25, -0.2) is 4.98 Å². The number of rotatable bonds is 4. The molecule has 0 fully saturated rings. The minimum Gasteiger partial charge on any atom is -0.491 e. The molecular weight excluding hydrogens is 274 g/mol. The van der Waals surface area contributed by atoms with Crippen LogP contribution in [-0.2, 0) is 0 Å². The normalized spacial score (nSPS) is 11.8. The molecule has 0 bridgehead atoms. The Morgan fingerprint density at radius 3 is 2.82 bits per heavy atom. The second kappa shape index (κ2) is 5.46. The number of benzene rings is 1. The standard InChI is InChI=1S/C18H21N3O/c1-12-9-13(6-7-16(12)22-11-18(2,3)19)15-10-21-17-14(15)5-4-8-20-17/h4-10H,11,19H2,1-3H3,(H,20,21). The summed E-state index contributed by atoms with van der Waals surface area (Å²) in [5.74, 6) is 0.875. The van der Waals surface area contributed by atoms with Gasteiger partial charge in [0.05, 0.1) is 0 Å². The number of hydrogen-bond acceptors (Lipinski definition) is 3. The summed E-state index contributed by atoms with van der Waals surface area (Å²) in [6, 6.07) is 10.2. The lowest BCUT2D eigenvalue weighted by Crippen LogP contribution is -2.38. The molecule has 0 saturated carbocycles. The number of hydrogen-bond donors (Lipinski definition) is 2. The van der Waals surface area contributed by atoms with Gasteiger partial charge in [0.1, 0.15) is 18.0 Å². The van der Waals surface area contributed by atoms with Crippen molar-refractivity contribution in [3.05, 3.63) is 48.3 Å². The van der Waals surface area contributed by atoms with Crippen molar-refractivity contribution in [1.29, 1.82) is 0 Å². The smallest absolute Gasteiger partial charge is 0.137 e. The van der Waals surface area contributed by atoms with Crippen LogP contribution in [0.3, 0.4) is 0 Å². The molecule has 3 rings (SSSR count). The average Bonchev–Trinajstić information content (AvgIpc) is 2.89. The molecule has 4 nitrogen and oxygen atoms in total. The highest BCUT2D eigenvalue weighted by atomic mass is 16.5. The number of aromatic nitrogens is 2. The molecular formula is C18H21N3O. The molecule has 0 saturated heterocycles. The van der Waals surface area contributed by atoms with E-state index in [-0.39, 0.29) is 5.54 Å². The summed E-state index contributed by atoms with van der Waals surface area (Å²) >= 11 is 0. The molecule has 0 aliphatic rings. The Morgan fingerprint density at radius 1 is 1.27 bits per heavy atom. The number of nitrogens with zero attached hydrogens (tertiary/aromatic N) is 1. The Hall–Kier alpha value is -2.33. The zero-order chi connectivity index (χ0) is 15.7. The third-order valence-electron chi connectivity index (χ3n) is 3.54. The van der Waals surface area contributed by atoms with Crippen molar-refractivity contribution in [3.63, 3.8) is 0 Å². The monoisotopic (exact) mass is 295 g/mol. The Balaban J connectivity index is 1.92. The first-order chi connectivity index (χ1) is 10.4. The maximum absolute atomic E-state index is 5.97. The first kappa shape index (κ1) is 14.6. The summed E-state index contributed by atoms with van der Waals surface area (Å²) in [6.45, 7) is 6.45. The Labute approximate surface area is 130 Å². The topological polar surface area (TPSA) is 63.9 Å². The molecule has 3 aromatic rings. The van der Waals surface area contributed by atoms with E-state index in [1.807, 2.05) is 32.2 Å². The SMILES string of the molecule is Cc1cc(-c2c[nH]c3ncccc23)ccc1OCC(C)(C)N. The van der Waals surface area contributed by atoms with E-state index in [2.05, 4.69) is 35.1 Å². The summed E-state index contributed by atoms with van der Waals surface area (Å²) in [5.41, 5.74) is 9.93. The van der Waals surface area contributed by atoms with Crippen LogP contribution in [-0.4, -0.2) is 22.1 Å². The predicted octanol–water partition coefficient (Wildman–Crippen LogP) is 3.65. The van der Waals surface area contributed by atoms with E-state index in [0.29, 0.717) is 6.61 Å². The number of fused-ring (bicyclic) bond motifs is 1. The van der Waals surface area contributed by atoms with Gasteiger partial charge in [0.25, 0.3) is 0 Å². The van der Waals surface area contributed by atoms with E-state index < -0.39 is 0 Å². The van der Waals surface area contributed by atoms with Crippen molar-refractivity contribution in [1.82, 2.24) is 9.97 Å². The fourth-order valence-electron chi connectivity index (χ4n) is 2.44. The van der Waals surface area contributed by atoms with E-state index in [1.165, 1.54) is 0 Å². The molecule has 0 aliphatic carbocycles. The Kier molecular flexibility index (Phi) is 3.62. The molecule has 0 amide bonds. The van der Waals surface area contributed by atoms with Crippen LogP contribution in [0.4, 0.5) is 0 Å².